The second-order valence-electron chi connectivity index (χ2n) is 6.05. The van der Waals surface area contributed by atoms with Gasteiger partial charge >= 0.3 is 0 Å². The lowest BCUT2D eigenvalue weighted by Crippen LogP contribution is -2.32. The minimum Gasteiger partial charge on any atom is -0.489 e. The summed E-state index contributed by atoms with van der Waals surface area (Å²) in [5.41, 5.74) is 6.60. The average molecular weight is 373 g/mol. The van der Waals surface area contributed by atoms with E-state index >= 15 is 0 Å². The molecule has 0 bridgehead atoms. The first-order chi connectivity index (χ1) is 12.4. The van der Waals surface area contributed by atoms with Gasteiger partial charge in [-0.1, -0.05) is 23.7 Å². The van der Waals surface area contributed by atoms with E-state index in [1.54, 1.807) is 30.3 Å². The van der Waals surface area contributed by atoms with Crippen molar-refractivity contribution in [2.24, 2.45) is 11.7 Å². The number of halogens is 1. The highest BCUT2D eigenvalue weighted by molar-refractivity contribution is 6.37. The van der Waals surface area contributed by atoms with E-state index in [0.717, 1.165) is 5.56 Å². The molecule has 1 unspecified atom stereocenters. The van der Waals surface area contributed by atoms with E-state index < -0.39 is 17.6 Å². The van der Waals surface area contributed by atoms with Crippen molar-refractivity contribution in [1.82, 2.24) is 0 Å². The highest BCUT2D eigenvalue weighted by Crippen LogP contribution is 2.27. The van der Waals surface area contributed by atoms with Gasteiger partial charge in [0.25, 0.3) is 5.91 Å². The highest BCUT2D eigenvalue weighted by Gasteiger charge is 2.36. The predicted molar refractivity (Wildman–Crippen MR) is 96.9 cm³/mol. The smallest absolute Gasteiger partial charge is 0.285 e. The molecule has 2 amide bonds. The van der Waals surface area contributed by atoms with E-state index in [9.17, 15) is 14.4 Å². The molecule has 6 nitrogen and oxygen atoms in total. The van der Waals surface area contributed by atoms with Crippen molar-refractivity contribution < 1.29 is 19.1 Å². The molecular weight excluding hydrogens is 356 g/mol. The molecule has 1 fully saturated rings. The Balaban J connectivity index is 1.63. The summed E-state index contributed by atoms with van der Waals surface area (Å²) in [7, 11) is 0. The largest absolute Gasteiger partial charge is 0.489 e. The van der Waals surface area contributed by atoms with Crippen molar-refractivity contribution in [1.29, 1.82) is 0 Å². The van der Waals surface area contributed by atoms with Crippen molar-refractivity contribution in [3.8, 4) is 5.75 Å². The van der Waals surface area contributed by atoms with Gasteiger partial charge in [0, 0.05) is 23.7 Å². The SMILES string of the molecule is NC(=O)C(=O)C1CC(=O)N(c2ccc(OCc3cccc(Cl)c3)cc2)C1. The molecule has 3 rings (SSSR count). The van der Waals surface area contributed by atoms with Crippen LogP contribution in [0.3, 0.4) is 0 Å². The molecule has 26 heavy (non-hydrogen) atoms. The highest BCUT2D eigenvalue weighted by atomic mass is 35.5. The third kappa shape index (κ3) is 4.03. The van der Waals surface area contributed by atoms with Crippen LogP contribution in [0.5, 0.6) is 5.75 Å². The van der Waals surface area contributed by atoms with Crippen LogP contribution in [-0.4, -0.2) is 24.1 Å². The van der Waals surface area contributed by atoms with Gasteiger partial charge in [-0.2, -0.15) is 0 Å². The number of anilines is 1. The Bertz CT molecular complexity index is 851. The number of nitrogens with two attached hydrogens (primary N) is 1. The Morgan fingerprint density at radius 3 is 2.58 bits per heavy atom. The number of rotatable bonds is 6. The first-order valence-corrected chi connectivity index (χ1v) is 8.43. The number of primary amides is 1. The number of carbonyl (C=O) groups excluding carboxylic acids is 3. The molecule has 2 aromatic carbocycles. The van der Waals surface area contributed by atoms with Crippen molar-refractivity contribution in [3.05, 3.63) is 59.1 Å². The van der Waals surface area contributed by atoms with Gasteiger partial charge in [0.2, 0.25) is 11.7 Å². The summed E-state index contributed by atoms with van der Waals surface area (Å²) in [4.78, 5) is 36.3. The van der Waals surface area contributed by atoms with E-state index in [1.165, 1.54) is 4.90 Å². The van der Waals surface area contributed by atoms with Crippen LogP contribution in [0.25, 0.3) is 0 Å². The number of Topliss-reactive ketones (excluding diaryl/α,β-unsaturated/α-hetero) is 1. The van der Waals surface area contributed by atoms with Crippen LogP contribution >= 0.6 is 11.6 Å². The predicted octanol–water partition coefficient (Wildman–Crippen LogP) is 2.33. The van der Waals surface area contributed by atoms with Gasteiger partial charge < -0.3 is 15.4 Å². The molecule has 0 aromatic heterocycles. The van der Waals surface area contributed by atoms with Crippen LogP contribution in [-0.2, 0) is 21.0 Å². The van der Waals surface area contributed by atoms with Gasteiger partial charge in [-0.25, -0.2) is 0 Å². The molecule has 0 aliphatic carbocycles. The van der Waals surface area contributed by atoms with Crippen LogP contribution in [0, 0.1) is 5.92 Å². The molecular formula is C19H17ClN2O4. The normalized spacial score (nSPS) is 16.6. The maximum Gasteiger partial charge on any atom is 0.285 e. The molecule has 134 valence electrons. The molecule has 7 heteroatoms. The van der Waals surface area contributed by atoms with Crippen LogP contribution < -0.4 is 15.4 Å². The van der Waals surface area contributed by atoms with Crippen molar-refractivity contribution in [2.75, 3.05) is 11.4 Å². The lowest BCUT2D eigenvalue weighted by atomic mass is 10.0. The minimum absolute atomic E-state index is 0.00517. The van der Waals surface area contributed by atoms with E-state index in [1.807, 2.05) is 18.2 Å². The molecule has 2 aromatic rings. The molecule has 1 saturated heterocycles. The van der Waals surface area contributed by atoms with Crippen LogP contribution in [0.2, 0.25) is 5.02 Å². The van der Waals surface area contributed by atoms with Gasteiger partial charge in [-0.05, 0) is 42.0 Å². The summed E-state index contributed by atoms with van der Waals surface area (Å²) in [6.07, 6.45) is -0.00517. The average Bonchev–Trinajstić information content (AvgIpc) is 3.01. The van der Waals surface area contributed by atoms with E-state index in [2.05, 4.69) is 0 Å². The second kappa shape index (κ2) is 7.58. The topological polar surface area (TPSA) is 89.7 Å². The number of hydrogen-bond acceptors (Lipinski definition) is 4. The number of carbonyl (C=O) groups is 3. The molecule has 1 atom stereocenters. The quantitative estimate of drug-likeness (QED) is 0.788. The number of benzene rings is 2. The fraction of sp³-hybridized carbons (Fsp3) is 0.211. The fourth-order valence-corrected chi connectivity index (χ4v) is 3.06. The summed E-state index contributed by atoms with van der Waals surface area (Å²) < 4.78 is 5.70. The van der Waals surface area contributed by atoms with Crippen molar-refractivity contribution in [2.45, 2.75) is 13.0 Å². The number of ketones is 1. The Morgan fingerprint density at radius 2 is 1.92 bits per heavy atom. The van der Waals surface area contributed by atoms with Gasteiger partial charge in [0.05, 0.1) is 5.92 Å². The number of hydrogen-bond donors (Lipinski definition) is 1. The van der Waals surface area contributed by atoms with Crippen molar-refractivity contribution >= 4 is 34.9 Å². The second-order valence-corrected chi connectivity index (χ2v) is 6.48. The Labute approximate surface area is 155 Å². The van der Waals surface area contributed by atoms with E-state index in [4.69, 9.17) is 22.1 Å². The summed E-state index contributed by atoms with van der Waals surface area (Å²) in [6, 6.07) is 14.4. The Morgan fingerprint density at radius 1 is 1.19 bits per heavy atom. The van der Waals surface area contributed by atoms with Crippen LogP contribution in [0.4, 0.5) is 5.69 Å². The zero-order valence-corrected chi connectivity index (χ0v) is 14.6. The summed E-state index contributed by atoms with van der Waals surface area (Å²) in [5, 5.41) is 0.647. The Kier molecular flexibility index (Phi) is 5.23. The molecule has 2 N–H and O–H groups in total. The lowest BCUT2D eigenvalue weighted by molar-refractivity contribution is -0.138. The maximum absolute atomic E-state index is 12.1. The van der Waals surface area contributed by atoms with Crippen LogP contribution in [0.1, 0.15) is 12.0 Å². The zero-order valence-electron chi connectivity index (χ0n) is 13.9. The fourth-order valence-electron chi connectivity index (χ4n) is 2.85. The summed E-state index contributed by atoms with van der Waals surface area (Å²) >= 11 is 5.94. The Hall–Kier alpha value is -2.86. The number of nitrogens with zero attached hydrogens (tertiary/aromatic N) is 1. The van der Waals surface area contributed by atoms with Gasteiger partial charge in [0.15, 0.2) is 0 Å². The standard InChI is InChI=1S/C19H17ClN2O4/c20-14-3-1-2-12(8-14)11-26-16-6-4-15(5-7-16)22-10-13(9-17(22)23)18(24)19(21)25/h1-8,13H,9-11H2,(H2,21,25). The van der Waals surface area contributed by atoms with E-state index in [-0.39, 0.29) is 18.9 Å². The third-order valence-corrected chi connectivity index (χ3v) is 4.42. The molecule has 0 saturated carbocycles. The molecule has 1 aliphatic rings. The monoisotopic (exact) mass is 372 g/mol. The zero-order chi connectivity index (χ0) is 18.7. The van der Waals surface area contributed by atoms with Gasteiger partial charge in [0.1, 0.15) is 12.4 Å². The first kappa shape index (κ1) is 17.9. The molecule has 1 aliphatic heterocycles. The summed E-state index contributed by atoms with van der Waals surface area (Å²) in [6.45, 7) is 0.529. The molecule has 0 radical (unpaired) electrons. The van der Waals surface area contributed by atoms with Crippen LogP contribution in [0.15, 0.2) is 48.5 Å². The third-order valence-electron chi connectivity index (χ3n) is 4.18. The molecule has 0 spiro atoms. The maximum atomic E-state index is 12.1. The number of ether oxygens (including phenoxy) is 1. The van der Waals surface area contributed by atoms with Gasteiger partial charge in [-0.3, -0.25) is 14.4 Å². The minimum atomic E-state index is -1.01. The summed E-state index contributed by atoms with van der Waals surface area (Å²) in [5.74, 6) is -1.96. The molecule has 1 heterocycles. The van der Waals surface area contributed by atoms with Crippen molar-refractivity contribution in [3.63, 3.8) is 0 Å². The lowest BCUT2D eigenvalue weighted by Gasteiger charge is -2.17. The number of amides is 2. The van der Waals surface area contributed by atoms with E-state index in [0.29, 0.717) is 23.1 Å². The van der Waals surface area contributed by atoms with Gasteiger partial charge in [-0.15, -0.1) is 0 Å². The first-order valence-electron chi connectivity index (χ1n) is 8.05.